The van der Waals surface area contributed by atoms with Gasteiger partial charge in [0, 0.05) is 12.6 Å². The van der Waals surface area contributed by atoms with E-state index in [0.717, 1.165) is 7.11 Å². The van der Waals surface area contributed by atoms with E-state index in [1.54, 1.807) is 17.4 Å². The molecule has 0 saturated heterocycles. The van der Waals surface area contributed by atoms with E-state index in [-0.39, 0.29) is 12.1 Å². The number of nitrogens with one attached hydrogen (secondary N) is 1. The van der Waals surface area contributed by atoms with Gasteiger partial charge in [-0.3, -0.25) is 4.79 Å². The summed E-state index contributed by atoms with van der Waals surface area (Å²) in [6, 6.07) is 1.77. The third-order valence-electron chi connectivity index (χ3n) is 2.75. The second-order valence-electron chi connectivity index (χ2n) is 4.31. The first kappa shape index (κ1) is 15.7. The number of carbonyl (C=O) groups is 2. The van der Waals surface area contributed by atoms with E-state index in [4.69, 9.17) is 0 Å². The number of hydrogen-bond donors (Lipinski definition) is 1. The molecule has 1 N–H and O–H groups in total. The number of imidazole rings is 1. The average Bonchev–Trinajstić information content (AvgIpc) is 2.86. The highest BCUT2D eigenvalue weighted by atomic mass is 19.4. The van der Waals surface area contributed by atoms with E-state index < -0.39 is 24.1 Å². The third kappa shape index (κ3) is 3.51. The van der Waals surface area contributed by atoms with Crippen molar-refractivity contribution in [3.05, 3.63) is 30.2 Å². The van der Waals surface area contributed by atoms with E-state index in [1.165, 1.54) is 16.9 Å². The van der Waals surface area contributed by atoms with Gasteiger partial charge < -0.3 is 10.1 Å². The van der Waals surface area contributed by atoms with Crippen LogP contribution in [0.25, 0.3) is 5.65 Å². The molecule has 0 radical (unpaired) electrons. The lowest BCUT2D eigenvalue weighted by molar-refractivity contribution is -0.175. The zero-order valence-corrected chi connectivity index (χ0v) is 11.3. The molecule has 10 heteroatoms. The van der Waals surface area contributed by atoms with Gasteiger partial charge >= 0.3 is 18.1 Å². The highest BCUT2D eigenvalue weighted by molar-refractivity contribution is 5.87. The summed E-state index contributed by atoms with van der Waals surface area (Å²) in [6.45, 7) is 0. The lowest BCUT2D eigenvalue weighted by Crippen LogP contribution is -2.48. The van der Waals surface area contributed by atoms with Crippen LogP contribution in [0, 0.1) is 0 Å². The van der Waals surface area contributed by atoms with E-state index >= 15 is 0 Å². The first-order valence-corrected chi connectivity index (χ1v) is 6.06. The summed E-state index contributed by atoms with van der Waals surface area (Å²) in [5.74, 6) is -3.22. The SMILES string of the molecule is COC(=O)[C@H](Cc1cn2ncccc2n1)NC(=O)C(F)(F)F. The van der Waals surface area contributed by atoms with Crippen molar-refractivity contribution in [3.63, 3.8) is 0 Å². The summed E-state index contributed by atoms with van der Waals surface area (Å²) in [4.78, 5) is 26.6. The molecular formula is C12H11F3N4O3. The monoisotopic (exact) mass is 316 g/mol. The van der Waals surface area contributed by atoms with Crippen molar-refractivity contribution in [2.24, 2.45) is 0 Å². The Labute approximate surface area is 122 Å². The maximum Gasteiger partial charge on any atom is 0.471 e. The minimum atomic E-state index is -5.09. The number of alkyl halides is 3. The molecule has 2 aromatic heterocycles. The average molecular weight is 316 g/mol. The van der Waals surface area contributed by atoms with Crippen molar-refractivity contribution >= 4 is 17.5 Å². The van der Waals surface area contributed by atoms with E-state index in [1.807, 2.05) is 0 Å². The third-order valence-corrected chi connectivity index (χ3v) is 2.75. The molecule has 1 amide bonds. The minimum absolute atomic E-state index is 0.252. The van der Waals surface area contributed by atoms with Crippen molar-refractivity contribution in [3.8, 4) is 0 Å². The predicted octanol–water partition coefficient (Wildman–Crippen LogP) is 0.492. The Morgan fingerprint density at radius 2 is 2.18 bits per heavy atom. The van der Waals surface area contributed by atoms with Gasteiger partial charge in [0.05, 0.1) is 19.0 Å². The Morgan fingerprint density at radius 1 is 1.45 bits per heavy atom. The molecule has 2 rings (SSSR count). The van der Waals surface area contributed by atoms with Gasteiger partial charge in [-0.1, -0.05) is 0 Å². The van der Waals surface area contributed by atoms with Gasteiger partial charge in [-0.25, -0.2) is 14.3 Å². The number of rotatable bonds is 4. The molecular weight excluding hydrogens is 305 g/mol. The van der Waals surface area contributed by atoms with Gasteiger partial charge in [-0.05, 0) is 12.1 Å². The van der Waals surface area contributed by atoms with E-state index in [2.05, 4.69) is 14.8 Å². The van der Waals surface area contributed by atoms with Crippen LogP contribution in [0.15, 0.2) is 24.5 Å². The lowest BCUT2D eigenvalue weighted by Gasteiger charge is -2.16. The predicted molar refractivity (Wildman–Crippen MR) is 66.7 cm³/mol. The first-order chi connectivity index (χ1) is 10.3. The molecule has 0 aromatic carbocycles. The fourth-order valence-corrected chi connectivity index (χ4v) is 1.76. The van der Waals surface area contributed by atoms with Crippen LogP contribution in [-0.4, -0.2) is 45.8 Å². The number of methoxy groups -OCH3 is 1. The second-order valence-corrected chi connectivity index (χ2v) is 4.31. The van der Waals surface area contributed by atoms with Crippen LogP contribution in [0.1, 0.15) is 5.69 Å². The largest absolute Gasteiger partial charge is 0.471 e. The molecule has 2 aromatic rings. The number of aromatic nitrogens is 3. The van der Waals surface area contributed by atoms with Gasteiger partial charge in [0.1, 0.15) is 6.04 Å². The second kappa shape index (κ2) is 6.00. The van der Waals surface area contributed by atoms with Gasteiger partial charge in [0.2, 0.25) is 0 Å². The molecule has 0 fully saturated rings. The summed E-state index contributed by atoms with van der Waals surface area (Å²) in [6.07, 6.45) is -2.39. The summed E-state index contributed by atoms with van der Waals surface area (Å²) in [5, 5.41) is 5.54. The van der Waals surface area contributed by atoms with Crippen molar-refractivity contribution < 1.29 is 27.5 Å². The van der Waals surface area contributed by atoms with Crippen LogP contribution in [-0.2, 0) is 20.7 Å². The van der Waals surface area contributed by atoms with Crippen LogP contribution in [0.3, 0.4) is 0 Å². The van der Waals surface area contributed by atoms with E-state index in [9.17, 15) is 22.8 Å². The van der Waals surface area contributed by atoms with Gasteiger partial charge in [-0.15, -0.1) is 0 Å². The number of carbonyl (C=O) groups excluding carboxylic acids is 2. The Bertz CT molecular complexity index is 665. The minimum Gasteiger partial charge on any atom is -0.467 e. The highest BCUT2D eigenvalue weighted by Gasteiger charge is 2.41. The Morgan fingerprint density at radius 3 is 2.77 bits per heavy atom. The molecule has 118 valence electrons. The van der Waals surface area contributed by atoms with Crippen molar-refractivity contribution in [2.45, 2.75) is 18.6 Å². The van der Waals surface area contributed by atoms with Crippen LogP contribution >= 0.6 is 0 Å². The molecule has 0 unspecified atom stereocenters. The molecule has 0 saturated carbocycles. The standard InChI is InChI=1S/C12H11F3N4O3/c1-22-10(20)8(18-11(21)12(13,14)15)5-7-6-19-9(17-7)3-2-4-16-19/h2-4,6,8H,5H2,1H3,(H,18,21)/t8-/m0/s1. The summed E-state index contributed by atoms with van der Waals surface area (Å²) in [7, 11) is 1.01. The topological polar surface area (TPSA) is 85.6 Å². The summed E-state index contributed by atoms with van der Waals surface area (Å²) < 4.78 is 42.7. The van der Waals surface area contributed by atoms with Crippen LogP contribution < -0.4 is 5.32 Å². The van der Waals surface area contributed by atoms with Crippen molar-refractivity contribution in [1.29, 1.82) is 0 Å². The number of esters is 1. The fraction of sp³-hybridized carbons (Fsp3) is 0.333. The number of fused-ring (bicyclic) bond motifs is 1. The van der Waals surface area contributed by atoms with Crippen LogP contribution in [0.2, 0.25) is 0 Å². The maximum absolute atomic E-state index is 12.3. The fourth-order valence-electron chi connectivity index (χ4n) is 1.76. The lowest BCUT2D eigenvalue weighted by atomic mass is 10.1. The quantitative estimate of drug-likeness (QED) is 0.830. The van der Waals surface area contributed by atoms with Crippen LogP contribution in [0.4, 0.5) is 13.2 Å². The number of hydrogen-bond acceptors (Lipinski definition) is 5. The van der Waals surface area contributed by atoms with Gasteiger partial charge in [0.25, 0.3) is 0 Å². The Balaban J connectivity index is 2.19. The molecule has 0 aliphatic rings. The normalized spacial score (nSPS) is 12.9. The summed E-state index contributed by atoms with van der Waals surface area (Å²) >= 11 is 0. The number of nitrogens with zero attached hydrogens (tertiary/aromatic N) is 3. The molecule has 0 aliphatic heterocycles. The molecule has 2 heterocycles. The number of ether oxygens (including phenoxy) is 1. The molecule has 1 atom stereocenters. The Kier molecular flexibility index (Phi) is 4.29. The Hall–Kier alpha value is -2.65. The smallest absolute Gasteiger partial charge is 0.467 e. The van der Waals surface area contributed by atoms with Crippen molar-refractivity contribution in [1.82, 2.24) is 19.9 Å². The molecule has 0 bridgehead atoms. The molecule has 22 heavy (non-hydrogen) atoms. The zero-order valence-electron chi connectivity index (χ0n) is 11.3. The van der Waals surface area contributed by atoms with Crippen molar-refractivity contribution in [2.75, 3.05) is 7.11 Å². The van der Waals surface area contributed by atoms with Gasteiger partial charge in [0.15, 0.2) is 5.65 Å². The first-order valence-electron chi connectivity index (χ1n) is 6.06. The van der Waals surface area contributed by atoms with Crippen LogP contribution in [0.5, 0.6) is 0 Å². The highest BCUT2D eigenvalue weighted by Crippen LogP contribution is 2.15. The molecule has 7 nitrogen and oxygen atoms in total. The van der Waals surface area contributed by atoms with Gasteiger partial charge in [-0.2, -0.15) is 18.3 Å². The zero-order chi connectivity index (χ0) is 16.3. The maximum atomic E-state index is 12.3. The molecule has 0 aliphatic carbocycles. The number of halogens is 3. The van der Waals surface area contributed by atoms with E-state index in [0.29, 0.717) is 5.65 Å². The summed E-state index contributed by atoms with van der Waals surface area (Å²) in [5.41, 5.74) is 0.750. The number of amides is 1. The molecule has 0 spiro atoms.